The first kappa shape index (κ1) is 9.67. The van der Waals surface area contributed by atoms with E-state index >= 15 is 0 Å². The van der Waals surface area contributed by atoms with Crippen molar-refractivity contribution in [1.29, 1.82) is 0 Å². The Balaban J connectivity index is 2.11. The van der Waals surface area contributed by atoms with Gasteiger partial charge in [0, 0.05) is 22.5 Å². The lowest BCUT2D eigenvalue weighted by Crippen LogP contribution is -2.47. The highest BCUT2D eigenvalue weighted by Crippen LogP contribution is 2.47. The van der Waals surface area contributed by atoms with E-state index in [-0.39, 0.29) is 5.54 Å². The fraction of sp³-hybridized carbons (Fsp3) is 0.500. The molecule has 2 atom stereocenters. The predicted molar refractivity (Wildman–Crippen MR) is 66.4 cm³/mol. The molecule has 2 unspecified atom stereocenters. The van der Waals surface area contributed by atoms with Gasteiger partial charge >= 0.3 is 0 Å². The lowest BCUT2D eigenvalue weighted by Gasteiger charge is -2.37. The minimum Gasteiger partial charge on any atom is -0.378 e. The number of hydrogen-bond acceptors (Lipinski definition) is 2. The van der Waals surface area contributed by atoms with Crippen molar-refractivity contribution in [1.82, 2.24) is 5.32 Å². The number of rotatable bonds is 0. The van der Waals surface area contributed by atoms with Gasteiger partial charge in [-0.3, -0.25) is 0 Å². The Labute approximate surface area is 98.6 Å². The zero-order valence-electron chi connectivity index (χ0n) is 8.81. The van der Waals surface area contributed by atoms with Gasteiger partial charge in [-0.2, -0.15) is 0 Å². The lowest BCUT2D eigenvalue weighted by atomic mass is 9.79. The van der Waals surface area contributed by atoms with E-state index in [4.69, 9.17) is 0 Å². The molecule has 2 N–H and O–H groups in total. The molecule has 0 aromatic heterocycles. The second-order valence-corrected chi connectivity index (χ2v) is 5.61. The van der Waals surface area contributed by atoms with E-state index in [9.17, 15) is 0 Å². The first-order valence-corrected chi connectivity index (χ1v) is 6.27. The van der Waals surface area contributed by atoms with Crippen molar-refractivity contribution in [2.45, 2.75) is 24.8 Å². The second-order valence-electron chi connectivity index (χ2n) is 4.75. The smallest absolute Gasteiger partial charge is 0.0525 e. The Morgan fingerprint density at radius 1 is 1.47 bits per heavy atom. The molecular weight excluding hydrogens is 252 g/mol. The maximum atomic E-state index is 3.69. The number of piperidine rings is 1. The number of fused-ring (bicyclic) bond motifs is 3. The summed E-state index contributed by atoms with van der Waals surface area (Å²) in [6.07, 6.45) is 1.19. The first-order valence-electron chi connectivity index (χ1n) is 5.48. The molecular formula is C12H15BrN2. The Kier molecular flexibility index (Phi) is 2.08. The molecule has 2 nitrogen and oxygen atoms in total. The van der Waals surface area contributed by atoms with E-state index in [0.29, 0.717) is 5.92 Å². The largest absolute Gasteiger partial charge is 0.378 e. The average molecular weight is 267 g/mol. The summed E-state index contributed by atoms with van der Waals surface area (Å²) in [4.78, 5) is 0. The van der Waals surface area contributed by atoms with Gasteiger partial charge in [-0.05, 0) is 47.4 Å². The summed E-state index contributed by atoms with van der Waals surface area (Å²) >= 11 is 3.62. The molecule has 2 aliphatic rings. The fourth-order valence-electron chi connectivity index (χ4n) is 2.85. The Hall–Kier alpha value is -0.540. The molecule has 1 saturated heterocycles. The SMILES string of the molecule is CC12CCNCC1c1cccc(Br)c1N2. The third-order valence-corrected chi connectivity index (χ3v) is 4.43. The molecule has 1 aromatic rings. The topological polar surface area (TPSA) is 24.1 Å². The summed E-state index contributed by atoms with van der Waals surface area (Å²) in [6.45, 7) is 4.55. The van der Waals surface area contributed by atoms with Crippen LogP contribution in [-0.2, 0) is 0 Å². The van der Waals surface area contributed by atoms with E-state index in [2.05, 4.69) is 51.7 Å². The van der Waals surface area contributed by atoms with Crippen LogP contribution < -0.4 is 10.6 Å². The van der Waals surface area contributed by atoms with Crippen molar-refractivity contribution in [3.05, 3.63) is 28.2 Å². The zero-order chi connectivity index (χ0) is 10.5. The Morgan fingerprint density at radius 3 is 3.20 bits per heavy atom. The molecule has 0 spiro atoms. The van der Waals surface area contributed by atoms with E-state index in [1.54, 1.807) is 0 Å². The molecule has 1 aromatic carbocycles. The van der Waals surface area contributed by atoms with Crippen LogP contribution in [0.5, 0.6) is 0 Å². The summed E-state index contributed by atoms with van der Waals surface area (Å²) in [5, 5.41) is 7.18. The minimum atomic E-state index is 0.247. The molecule has 0 radical (unpaired) electrons. The average Bonchev–Trinajstić information content (AvgIpc) is 2.52. The van der Waals surface area contributed by atoms with E-state index < -0.39 is 0 Å². The van der Waals surface area contributed by atoms with Crippen LogP contribution in [0.15, 0.2) is 22.7 Å². The van der Waals surface area contributed by atoms with Crippen LogP contribution in [0.25, 0.3) is 0 Å². The van der Waals surface area contributed by atoms with Crippen LogP contribution in [0.2, 0.25) is 0 Å². The van der Waals surface area contributed by atoms with E-state index in [1.807, 2.05) is 0 Å². The van der Waals surface area contributed by atoms with Crippen molar-refractivity contribution in [3.63, 3.8) is 0 Å². The van der Waals surface area contributed by atoms with Crippen molar-refractivity contribution in [3.8, 4) is 0 Å². The van der Waals surface area contributed by atoms with Gasteiger partial charge in [0.25, 0.3) is 0 Å². The van der Waals surface area contributed by atoms with E-state index in [0.717, 1.165) is 13.1 Å². The maximum absolute atomic E-state index is 3.69. The molecule has 2 heterocycles. The summed E-state index contributed by atoms with van der Waals surface area (Å²) in [5.74, 6) is 0.610. The predicted octanol–water partition coefficient (Wildman–Crippen LogP) is 2.71. The number of nitrogens with one attached hydrogen (secondary N) is 2. The zero-order valence-corrected chi connectivity index (χ0v) is 10.4. The number of para-hydroxylation sites is 1. The molecule has 1 fully saturated rings. The molecule has 0 amide bonds. The van der Waals surface area contributed by atoms with Crippen LogP contribution in [0.1, 0.15) is 24.8 Å². The van der Waals surface area contributed by atoms with Crippen molar-refractivity contribution < 1.29 is 0 Å². The highest BCUT2D eigenvalue weighted by atomic mass is 79.9. The molecule has 2 aliphatic heterocycles. The molecule has 3 heteroatoms. The van der Waals surface area contributed by atoms with Gasteiger partial charge < -0.3 is 10.6 Å². The maximum Gasteiger partial charge on any atom is 0.0525 e. The number of halogens is 1. The summed E-state index contributed by atoms with van der Waals surface area (Å²) < 4.78 is 1.19. The monoisotopic (exact) mass is 266 g/mol. The molecule has 15 heavy (non-hydrogen) atoms. The second kappa shape index (κ2) is 3.22. The van der Waals surface area contributed by atoms with Gasteiger partial charge in [0.05, 0.1) is 5.69 Å². The highest BCUT2D eigenvalue weighted by molar-refractivity contribution is 9.10. The van der Waals surface area contributed by atoms with Crippen LogP contribution in [-0.4, -0.2) is 18.6 Å². The first-order chi connectivity index (χ1) is 7.21. The quantitative estimate of drug-likeness (QED) is 0.755. The van der Waals surface area contributed by atoms with E-state index in [1.165, 1.54) is 22.1 Å². The van der Waals surface area contributed by atoms with Gasteiger partial charge in [-0.1, -0.05) is 12.1 Å². The molecule has 80 valence electrons. The molecule has 0 aliphatic carbocycles. The molecule has 3 rings (SSSR count). The highest BCUT2D eigenvalue weighted by Gasteiger charge is 2.44. The van der Waals surface area contributed by atoms with Gasteiger partial charge in [0.15, 0.2) is 0 Å². The van der Waals surface area contributed by atoms with Crippen molar-refractivity contribution >= 4 is 21.6 Å². The van der Waals surface area contributed by atoms with Crippen molar-refractivity contribution in [2.75, 3.05) is 18.4 Å². The van der Waals surface area contributed by atoms with Crippen LogP contribution in [0.4, 0.5) is 5.69 Å². The van der Waals surface area contributed by atoms with Gasteiger partial charge in [-0.15, -0.1) is 0 Å². The van der Waals surface area contributed by atoms with Crippen LogP contribution in [0, 0.1) is 0 Å². The third kappa shape index (κ3) is 1.33. The minimum absolute atomic E-state index is 0.247. The Morgan fingerprint density at radius 2 is 2.33 bits per heavy atom. The molecule has 0 bridgehead atoms. The number of benzene rings is 1. The summed E-state index contributed by atoms with van der Waals surface area (Å²) in [7, 11) is 0. The third-order valence-electron chi connectivity index (χ3n) is 3.77. The Bertz CT molecular complexity index is 405. The summed E-state index contributed by atoms with van der Waals surface area (Å²) in [5.41, 5.74) is 3.00. The normalized spacial score (nSPS) is 33.1. The number of anilines is 1. The fourth-order valence-corrected chi connectivity index (χ4v) is 3.33. The van der Waals surface area contributed by atoms with Crippen LogP contribution >= 0.6 is 15.9 Å². The molecule has 0 saturated carbocycles. The number of hydrogen-bond donors (Lipinski definition) is 2. The van der Waals surface area contributed by atoms with Gasteiger partial charge in [0.2, 0.25) is 0 Å². The van der Waals surface area contributed by atoms with Gasteiger partial charge in [0.1, 0.15) is 0 Å². The summed E-state index contributed by atoms with van der Waals surface area (Å²) in [6, 6.07) is 6.49. The van der Waals surface area contributed by atoms with Gasteiger partial charge in [-0.25, -0.2) is 0 Å². The van der Waals surface area contributed by atoms with Crippen molar-refractivity contribution in [2.24, 2.45) is 0 Å². The standard InChI is InChI=1S/C12H15BrN2/c1-12-5-6-14-7-9(12)8-3-2-4-10(13)11(8)15-12/h2-4,9,14-15H,5-7H2,1H3. The lowest BCUT2D eigenvalue weighted by molar-refractivity contribution is 0.332. The van der Waals surface area contributed by atoms with Crippen LogP contribution in [0.3, 0.4) is 0 Å².